The van der Waals surface area contributed by atoms with E-state index in [-0.39, 0.29) is 0 Å². The average molecular weight is 248 g/mol. The molecule has 1 aliphatic heterocycles. The first kappa shape index (κ1) is 12.2. The largest absolute Gasteiger partial charge is 0.472 e. The van der Waals surface area contributed by atoms with Crippen LogP contribution >= 0.6 is 0 Å². The van der Waals surface area contributed by atoms with E-state index in [0.717, 1.165) is 6.04 Å². The molecule has 3 heteroatoms. The second-order valence-electron chi connectivity index (χ2n) is 5.81. The molecular weight excluding hydrogens is 224 g/mol. The van der Waals surface area contributed by atoms with Crippen LogP contribution in [0, 0.1) is 0 Å². The summed E-state index contributed by atoms with van der Waals surface area (Å²) in [5.74, 6) is 0. The second-order valence-corrected chi connectivity index (χ2v) is 5.81. The minimum Gasteiger partial charge on any atom is -0.472 e. The number of rotatable bonds is 5. The standard InChI is InChI=1S/C15H24N2O/c1-12(13-7-9-18-11-13)17(15-5-6-15)10-14-4-2-3-8-16-14/h7,9,11-12,14-16H,2-6,8,10H2,1H3. The highest BCUT2D eigenvalue weighted by Gasteiger charge is 2.34. The summed E-state index contributed by atoms with van der Waals surface area (Å²) >= 11 is 0. The molecule has 2 unspecified atom stereocenters. The molecule has 1 saturated heterocycles. The smallest absolute Gasteiger partial charge is 0.0950 e. The van der Waals surface area contributed by atoms with Gasteiger partial charge in [-0.15, -0.1) is 0 Å². The van der Waals surface area contributed by atoms with Crippen LogP contribution in [0.4, 0.5) is 0 Å². The third-order valence-electron chi connectivity index (χ3n) is 4.38. The van der Waals surface area contributed by atoms with Crippen molar-refractivity contribution in [1.29, 1.82) is 0 Å². The van der Waals surface area contributed by atoms with E-state index in [1.165, 1.54) is 50.8 Å². The summed E-state index contributed by atoms with van der Waals surface area (Å²) in [5, 5.41) is 3.67. The second kappa shape index (κ2) is 5.45. The Kier molecular flexibility index (Phi) is 3.71. The molecule has 3 rings (SSSR count). The molecule has 18 heavy (non-hydrogen) atoms. The third kappa shape index (κ3) is 2.78. The molecule has 1 aromatic heterocycles. The normalized spacial score (nSPS) is 26.4. The molecule has 100 valence electrons. The molecule has 0 amide bonds. The molecule has 0 aromatic carbocycles. The molecule has 1 aromatic rings. The minimum absolute atomic E-state index is 0.486. The van der Waals surface area contributed by atoms with Crippen molar-refractivity contribution in [3.05, 3.63) is 24.2 Å². The van der Waals surface area contributed by atoms with Crippen LogP contribution in [0.5, 0.6) is 0 Å². The first-order valence-corrected chi connectivity index (χ1v) is 7.36. The maximum atomic E-state index is 5.23. The predicted octanol–water partition coefficient (Wildman–Crippen LogP) is 2.95. The zero-order chi connectivity index (χ0) is 12.4. The molecule has 1 aliphatic carbocycles. The number of hydrogen-bond acceptors (Lipinski definition) is 3. The summed E-state index contributed by atoms with van der Waals surface area (Å²) in [6.07, 6.45) is 10.5. The van der Waals surface area contributed by atoms with Gasteiger partial charge in [0.25, 0.3) is 0 Å². The number of hydrogen-bond donors (Lipinski definition) is 1. The van der Waals surface area contributed by atoms with Crippen molar-refractivity contribution in [2.24, 2.45) is 0 Å². The van der Waals surface area contributed by atoms with E-state index < -0.39 is 0 Å². The van der Waals surface area contributed by atoms with E-state index in [9.17, 15) is 0 Å². The Hall–Kier alpha value is -0.800. The summed E-state index contributed by atoms with van der Waals surface area (Å²) in [4.78, 5) is 2.67. The zero-order valence-corrected chi connectivity index (χ0v) is 11.3. The van der Waals surface area contributed by atoms with E-state index in [1.54, 1.807) is 6.26 Å². The van der Waals surface area contributed by atoms with Crippen LogP contribution in [0.3, 0.4) is 0 Å². The molecular formula is C15H24N2O. The summed E-state index contributed by atoms with van der Waals surface area (Å²) in [6, 6.07) is 4.08. The number of nitrogens with zero attached hydrogens (tertiary/aromatic N) is 1. The van der Waals surface area contributed by atoms with Gasteiger partial charge in [-0.2, -0.15) is 0 Å². The first-order valence-electron chi connectivity index (χ1n) is 7.36. The summed E-state index contributed by atoms with van der Waals surface area (Å²) in [7, 11) is 0. The van der Waals surface area contributed by atoms with Crippen molar-refractivity contribution >= 4 is 0 Å². The van der Waals surface area contributed by atoms with Crippen LogP contribution < -0.4 is 5.32 Å². The molecule has 0 radical (unpaired) electrons. The van der Waals surface area contributed by atoms with Gasteiger partial charge in [0.1, 0.15) is 0 Å². The fraction of sp³-hybridized carbons (Fsp3) is 0.733. The lowest BCUT2D eigenvalue weighted by molar-refractivity contribution is 0.166. The molecule has 2 atom stereocenters. The van der Waals surface area contributed by atoms with Crippen LogP contribution in [0.1, 0.15) is 50.6 Å². The van der Waals surface area contributed by atoms with Gasteiger partial charge in [-0.25, -0.2) is 0 Å². The van der Waals surface area contributed by atoms with Gasteiger partial charge in [0, 0.05) is 30.2 Å². The number of piperidine rings is 1. The molecule has 1 N–H and O–H groups in total. The summed E-state index contributed by atoms with van der Waals surface area (Å²) in [6.45, 7) is 4.70. The lowest BCUT2D eigenvalue weighted by atomic mass is 10.0. The summed E-state index contributed by atoms with van der Waals surface area (Å²) < 4.78 is 5.23. The van der Waals surface area contributed by atoms with E-state index in [4.69, 9.17) is 4.42 Å². The molecule has 1 saturated carbocycles. The van der Waals surface area contributed by atoms with Crippen LogP contribution in [0.15, 0.2) is 23.0 Å². The highest BCUT2D eigenvalue weighted by molar-refractivity contribution is 5.12. The number of nitrogens with one attached hydrogen (secondary N) is 1. The van der Waals surface area contributed by atoms with Gasteiger partial charge in [-0.3, -0.25) is 4.90 Å². The quantitative estimate of drug-likeness (QED) is 0.868. The lowest BCUT2D eigenvalue weighted by Crippen LogP contribution is -2.45. The Balaban J connectivity index is 1.64. The van der Waals surface area contributed by atoms with Gasteiger partial charge < -0.3 is 9.73 Å². The SMILES string of the molecule is CC(c1ccoc1)N(CC1CCCCN1)C1CC1. The van der Waals surface area contributed by atoms with Crippen molar-refractivity contribution in [3.8, 4) is 0 Å². The van der Waals surface area contributed by atoms with Crippen LogP contribution in [0.25, 0.3) is 0 Å². The summed E-state index contributed by atoms with van der Waals surface area (Å²) in [5.41, 5.74) is 1.32. The molecule has 0 spiro atoms. The van der Waals surface area contributed by atoms with Crippen LogP contribution in [-0.4, -0.2) is 30.1 Å². The topological polar surface area (TPSA) is 28.4 Å². The van der Waals surface area contributed by atoms with E-state index >= 15 is 0 Å². The van der Waals surface area contributed by atoms with Gasteiger partial charge in [0.2, 0.25) is 0 Å². The highest BCUT2D eigenvalue weighted by Crippen LogP contribution is 2.34. The van der Waals surface area contributed by atoms with Crippen LogP contribution in [0.2, 0.25) is 0 Å². The predicted molar refractivity (Wildman–Crippen MR) is 72.5 cm³/mol. The van der Waals surface area contributed by atoms with Crippen molar-refractivity contribution < 1.29 is 4.42 Å². The fourth-order valence-corrected chi connectivity index (χ4v) is 3.07. The Morgan fingerprint density at radius 2 is 2.28 bits per heavy atom. The van der Waals surface area contributed by atoms with E-state index in [0.29, 0.717) is 12.1 Å². The zero-order valence-electron chi connectivity index (χ0n) is 11.3. The Labute approximate surface area is 110 Å². The van der Waals surface area contributed by atoms with Gasteiger partial charge in [-0.05, 0) is 45.2 Å². The highest BCUT2D eigenvalue weighted by atomic mass is 16.3. The first-order chi connectivity index (χ1) is 8.84. The molecule has 2 heterocycles. The Bertz CT molecular complexity index is 353. The van der Waals surface area contributed by atoms with E-state index in [1.807, 2.05) is 6.26 Å². The van der Waals surface area contributed by atoms with Gasteiger partial charge in [0.15, 0.2) is 0 Å². The fourth-order valence-electron chi connectivity index (χ4n) is 3.07. The van der Waals surface area contributed by atoms with E-state index in [2.05, 4.69) is 23.2 Å². The van der Waals surface area contributed by atoms with Gasteiger partial charge in [0.05, 0.1) is 12.5 Å². The third-order valence-corrected chi connectivity index (χ3v) is 4.38. The Morgan fingerprint density at radius 3 is 2.89 bits per heavy atom. The maximum Gasteiger partial charge on any atom is 0.0950 e. The average Bonchev–Trinajstić information content (AvgIpc) is 3.10. The van der Waals surface area contributed by atoms with Crippen molar-refractivity contribution in [2.75, 3.05) is 13.1 Å². The lowest BCUT2D eigenvalue weighted by Gasteiger charge is -2.34. The molecule has 2 fully saturated rings. The van der Waals surface area contributed by atoms with Gasteiger partial charge in [-0.1, -0.05) is 6.42 Å². The van der Waals surface area contributed by atoms with Crippen LogP contribution in [-0.2, 0) is 0 Å². The molecule has 0 bridgehead atoms. The van der Waals surface area contributed by atoms with Crippen molar-refractivity contribution in [2.45, 2.75) is 57.2 Å². The van der Waals surface area contributed by atoms with Crippen molar-refractivity contribution in [3.63, 3.8) is 0 Å². The minimum atomic E-state index is 0.486. The van der Waals surface area contributed by atoms with Crippen molar-refractivity contribution in [1.82, 2.24) is 10.2 Å². The molecule has 3 nitrogen and oxygen atoms in total. The Morgan fingerprint density at radius 1 is 1.39 bits per heavy atom. The number of furan rings is 1. The maximum absolute atomic E-state index is 5.23. The molecule has 2 aliphatic rings. The van der Waals surface area contributed by atoms with Gasteiger partial charge >= 0.3 is 0 Å². The monoisotopic (exact) mass is 248 g/mol.